The predicted molar refractivity (Wildman–Crippen MR) is 126 cm³/mol. The van der Waals surface area contributed by atoms with Crippen LogP contribution in [0.5, 0.6) is 0 Å². The lowest BCUT2D eigenvalue weighted by atomic mass is 9.98. The van der Waals surface area contributed by atoms with E-state index >= 15 is 0 Å². The van der Waals surface area contributed by atoms with E-state index in [4.69, 9.17) is 9.47 Å². The summed E-state index contributed by atoms with van der Waals surface area (Å²) in [6, 6.07) is 13.7. The molecule has 0 fully saturated rings. The number of hydrogen-bond acceptors (Lipinski definition) is 5. The van der Waals surface area contributed by atoms with Crippen molar-refractivity contribution >= 4 is 18.0 Å². The minimum atomic E-state index is -1.19. The third kappa shape index (κ3) is 5.94. The fourth-order valence-corrected chi connectivity index (χ4v) is 3.96. The van der Waals surface area contributed by atoms with Crippen LogP contribution in [0.2, 0.25) is 0 Å². The molecule has 178 valence electrons. The third-order valence-electron chi connectivity index (χ3n) is 5.66. The molecule has 0 aromatic heterocycles. The van der Waals surface area contributed by atoms with Gasteiger partial charge in [-0.15, -0.1) is 11.8 Å². The average molecular weight is 465 g/mol. The van der Waals surface area contributed by atoms with Crippen LogP contribution >= 0.6 is 0 Å². The molecule has 0 saturated carbocycles. The van der Waals surface area contributed by atoms with Crippen LogP contribution in [-0.4, -0.2) is 55.5 Å². The van der Waals surface area contributed by atoms with Gasteiger partial charge in [-0.1, -0.05) is 48.5 Å². The molecule has 0 saturated heterocycles. The van der Waals surface area contributed by atoms with Gasteiger partial charge >= 0.3 is 12.1 Å². The molecule has 1 aliphatic carbocycles. The third-order valence-corrected chi connectivity index (χ3v) is 5.66. The molecule has 0 heterocycles. The zero-order chi connectivity index (χ0) is 24.5. The molecule has 2 aromatic carbocycles. The van der Waals surface area contributed by atoms with E-state index in [0.717, 1.165) is 22.3 Å². The number of nitrogens with one attached hydrogen (secondary N) is 2. The molecule has 3 N–H and O–H groups in total. The molecule has 0 bridgehead atoms. The van der Waals surface area contributed by atoms with Crippen molar-refractivity contribution in [1.29, 1.82) is 0 Å². The maximum atomic E-state index is 12.7. The lowest BCUT2D eigenvalue weighted by Crippen LogP contribution is -2.51. The van der Waals surface area contributed by atoms with Crippen LogP contribution in [0.15, 0.2) is 48.5 Å². The number of benzene rings is 2. The van der Waals surface area contributed by atoms with Crippen LogP contribution in [0.1, 0.15) is 36.8 Å². The van der Waals surface area contributed by atoms with E-state index in [0.29, 0.717) is 0 Å². The fraction of sp³-hybridized carbons (Fsp3) is 0.346. The number of carbonyl (C=O) groups excluding carboxylic acids is 2. The van der Waals surface area contributed by atoms with Crippen molar-refractivity contribution in [3.63, 3.8) is 0 Å². The van der Waals surface area contributed by atoms with Gasteiger partial charge in [-0.25, -0.2) is 9.59 Å². The number of hydrogen-bond donors (Lipinski definition) is 3. The minimum Gasteiger partial charge on any atom is -0.480 e. The van der Waals surface area contributed by atoms with Gasteiger partial charge < -0.3 is 25.2 Å². The Balaban J connectivity index is 1.65. The highest BCUT2D eigenvalue weighted by molar-refractivity contribution is 5.89. The van der Waals surface area contributed by atoms with Crippen LogP contribution in [-0.2, 0) is 19.1 Å². The molecule has 2 amide bonds. The van der Waals surface area contributed by atoms with Gasteiger partial charge in [0.05, 0.1) is 0 Å². The number of amides is 2. The molecule has 8 nitrogen and oxygen atoms in total. The van der Waals surface area contributed by atoms with Gasteiger partial charge in [0.15, 0.2) is 0 Å². The highest BCUT2D eigenvalue weighted by Crippen LogP contribution is 2.44. The molecule has 34 heavy (non-hydrogen) atoms. The number of carboxylic acids is 1. The fourth-order valence-electron chi connectivity index (χ4n) is 3.96. The predicted octanol–water partition coefficient (Wildman–Crippen LogP) is 2.91. The summed E-state index contributed by atoms with van der Waals surface area (Å²) in [5.41, 5.74) is 4.37. The highest BCUT2D eigenvalue weighted by atomic mass is 16.5. The van der Waals surface area contributed by atoms with E-state index in [2.05, 4.69) is 22.5 Å². The van der Waals surface area contributed by atoms with Crippen molar-refractivity contribution in [2.45, 2.75) is 37.8 Å². The van der Waals surface area contributed by atoms with E-state index in [-0.39, 0.29) is 32.0 Å². The number of ether oxygens (including phenoxy) is 2. The van der Waals surface area contributed by atoms with Gasteiger partial charge in [-0.2, -0.15) is 0 Å². The number of carbonyl (C=O) groups is 3. The van der Waals surface area contributed by atoms with Crippen molar-refractivity contribution in [2.75, 3.05) is 20.3 Å². The molecule has 3 rings (SSSR count). The summed E-state index contributed by atoms with van der Waals surface area (Å²) < 4.78 is 10.4. The lowest BCUT2D eigenvalue weighted by Gasteiger charge is -2.20. The van der Waals surface area contributed by atoms with E-state index in [1.165, 1.54) is 7.11 Å². The molecular weight excluding hydrogens is 436 g/mol. The Labute approximate surface area is 198 Å². The van der Waals surface area contributed by atoms with Gasteiger partial charge in [0.25, 0.3) is 0 Å². The summed E-state index contributed by atoms with van der Waals surface area (Å²) in [4.78, 5) is 36.7. The first kappa shape index (κ1) is 24.8. The topological polar surface area (TPSA) is 114 Å². The minimum absolute atomic E-state index is 0.0170. The van der Waals surface area contributed by atoms with Crippen LogP contribution in [0.25, 0.3) is 11.1 Å². The Hall–Kier alpha value is -3.83. The van der Waals surface area contributed by atoms with Crippen molar-refractivity contribution in [3.05, 3.63) is 59.7 Å². The second-order valence-corrected chi connectivity index (χ2v) is 7.83. The van der Waals surface area contributed by atoms with Gasteiger partial charge in [0.1, 0.15) is 18.7 Å². The Morgan fingerprint density at radius 1 is 1.00 bits per heavy atom. The zero-order valence-electron chi connectivity index (χ0n) is 19.2. The lowest BCUT2D eigenvalue weighted by molar-refractivity contribution is -0.142. The number of carboxylic acid groups (broad SMARTS) is 1. The molecule has 2 aromatic rings. The maximum absolute atomic E-state index is 12.7. The van der Waals surface area contributed by atoms with E-state index < -0.39 is 30.1 Å². The van der Waals surface area contributed by atoms with Crippen LogP contribution in [0.4, 0.5) is 4.79 Å². The summed E-state index contributed by atoms with van der Waals surface area (Å²) in [5, 5.41) is 14.3. The summed E-state index contributed by atoms with van der Waals surface area (Å²) in [7, 11) is 1.44. The Bertz CT molecular complexity index is 1060. The monoisotopic (exact) mass is 464 g/mol. The molecule has 0 radical (unpaired) electrons. The average Bonchev–Trinajstić information content (AvgIpc) is 3.16. The smallest absolute Gasteiger partial charge is 0.407 e. The second-order valence-electron chi connectivity index (χ2n) is 7.83. The first-order valence-corrected chi connectivity index (χ1v) is 11.0. The van der Waals surface area contributed by atoms with Gasteiger partial charge in [0.2, 0.25) is 5.91 Å². The zero-order valence-corrected chi connectivity index (χ0v) is 19.2. The van der Waals surface area contributed by atoms with E-state index in [9.17, 15) is 19.5 Å². The molecule has 2 unspecified atom stereocenters. The SMILES string of the molecule is CC#CCC(NC(=O)OCC1c2ccccc2-c2ccccc21)C(=O)NC(CCOC)C(=O)O. The van der Waals surface area contributed by atoms with Crippen molar-refractivity contribution < 1.29 is 29.0 Å². The maximum Gasteiger partial charge on any atom is 0.407 e. The molecule has 8 heteroatoms. The molecule has 0 spiro atoms. The first-order valence-electron chi connectivity index (χ1n) is 11.0. The number of fused-ring (bicyclic) bond motifs is 3. The van der Waals surface area contributed by atoms with Crippen LogP contribution in [0, 0.1) is 11.8 Å². The van der Waals surface area contributed by atoms with Crippen LogP contribution in [0.3, 0.4) is 0 Å². The Morgan fingerprint density at radius 3 is 2.18 bits per heavy atom. The summed E-state index contributed by atoms with van der Waals surface area (Å²) in [6.45, 7) is 1.87. The number of aliphatic carboxylic acids is 1. The van der Waals surface area contributed by atoms with Gasteiger partial charge in [-0.3, -0.25) is 4.79 Å². The first-order chi connectivity index (χ1) is 16.5. The number of rotatable bonds is 10. The highest BCUT2D eigenvalue weighted by Gasteiger charge is 2.30. The Kier molecular flexibility index (Phi) is 8.66. The van der Waals surface area contributed by atoms with Gasteiger partial charge in [0, 0.05) is 32.5 Å². The Morgan fingerprint density at radius 2 is 1.62 bits per heavy atom. The van der Waals surface area contributed by atoms with Crippen LogP contribution < -0.4 is 10.6 Å². The van der Waals surface area contributed by atoms with Gasteiger partial charge in [-0.05, 0) is 29.2 Å². The molecule has 2 atom stereocenters. The normalized spacial score (nSPS) is 13.5. The second kappa shape index (κ2) is 11.9. The summed E-state index contributed by atoms with van der Waals surface area (Å²) in [5.74, 6) is 3.47. The molecule has 0 aliphatic heterocycles. The quantitative estimate of drug-likeness (QED) is 0.466. The van der Waals surface area contributed by atoms with Crippen molar-refractivity contribution in [3.8, 4) is 23.0 Å². The van der Waals surface area contributed by atoms with Crippen molar-refractivity contribution in [2.24, 2.45) is 0 Å². The van der Waals surface area contributed by atoms with E-state index in [1.807, 2.05) is 48.5 Å². The standard InChI is InChI=1S/C26H28N2O6/c1-3-4-13-22(24(29)27-23(25(30)31)14-15-33-2)28-26(32)34-16-21-19-11-7-5-9-17(19)18-10-6-8-12-20(18)21/h5-12,21-23H,13-16H2,1-2H3,(H,27,29)(H,28,32)(H,30,31). The van der Waals surface area contributed by atoms with E-state index in [1.54, 1.807) is 6.92 Å². The van der Waals surface area contributed by atoms with Crippen molar-refractivity contribution in [1.82, 2.24) is 10.6 Å². The largest absolute Gasteiger partial charge is 0.480 e. The molecular formula is C26H28N2O6. The number of alkyl carbamates (subject to hydrolysis) is 1. The summed E-state index contributed by atoms with van der Waals surface area (Å²) in [6.07, 6.45) is -0.665. The molecule has 1 aliphatic rings. The summed E-state index contributed by atoms with van der Waals surface area (Å²) >= 11 is 0. The number of methoxy groups -OCH3 is 1.